The van der Waals surface area contributed by atoms with Gasteiger partial charge in [-0.05, 0) is 50.6 Å². The number of nitrogens with one attached hydrogen (secondary N) is 1. The van der Waals surface area contributed by atoms with Gasteiger partial charge in [0.2, 0.25) is 0 Å². The van der Waals surface area contributed by atoms with E-state index in [2.05, 4.69) is 23.3 Å². The largest absolute Gasteiger partial charge is 0.493 e. The van der Waals surface area contributed by atoms with Crippen LogP contribution in [0.5, 0.6) is 5.75 Å². The minimum absolute atomic E-state index is 0.595. The highest BCUT2D eigenvalue weighted by atomic mass is 16.5. The fraction of sp³-hybridized carbons (Fsp3) is 0.438. The first kappa shape index (κ1) is 13.8. The number of nitrogens with zero attached hydrogens (tertiary/aromatic N) is 1. The molecule has 19 heavy (non-hydrogen) atoms. The number of hydrogen-bond donors (Lipinski definition) is 1. The van der Waals surface area contributed by atoms with Crippen LogP contribution in [-0.2, 0) is 0 Å². The molecule has 102 valence electrons. The maximum Gasteiger partial charge on any atom is 0.128 e. The van der Waals surface area contributed by atoms with E-state index in [9.17, 15) is 0 Å². The first-order valence-electron chi connectivity index (χ1n) is 6.99. The summed E-state index contributed by atoms with van der Waals surface area (Å²) in [6.07, 6.45) is 5.19. The van der Waals surface area contributed by atoms with E-state index in [1.807, 2.05) is 37.5 Å². The molecule has 0 spiro atoms. The van der Waals surface area contributed by atoms with Crippen molar-refractivity contribution in [3.63, 3.8) is 0 Å². The molecule has 0 aliphatic rings. The lowest BCUT2D eigenvalue weighted by Crippen LogP contribution is -2.24. The molecule has 0 radical (unpaired) electrons. The predicted molar refractivity (Wildman–Crippen MR) is 79.6 cm³/mol. The van der Waals surface area contributed by atoms with Crippen molar-refractivity contribution in [3.8, 4) is 5.75 Å². The topological polar surface area (TPSA) is 34.1 Å². The Balaban J connectivity index is 1.91. The minimum Gasteiger partial charge on any atom is -0.493 e. The maximum absolute atomic E-state index is 5.89. The van der Waals surface area contributed by atoms with Gasteiger partial charge in [0.05, 0.1) is 12.1 Å². The fourth-order valence-corrected chi connectivity index (χ4v) is 2.27. The molecule has 1 heterocycles. The third kappa shape index (κ3) is 3.67. The van der Waals surface area contributed by atoms with E-state index in [0.29, 0.717) is 6.04 Å². The summed E-state index contributed by atoms with van der Waals surface area (Å²) in [5.74, 6) is 0.933. The summed E-state index contributed by atoms with van der Waals surface area (Å²) in [6.45, 7) is 2.96. The second kappa shape index (κ2) is 7.10. The highest BCUT2D eigenvalue weighted by molar-refractivity contribution is 5.84. The van der Waals surface area contributed by atoms with Crippen molar-refractivity contribution < 1.29 is 4.74 Å². The van der Waals surface area contributed by atoms with E-state index < -0.39 is 0 Å². The van der Waals surface area contributed by atoms with Crippen molar-refractivity contribution in [2.75, 3.05) is 13.7 Å². The van der Waals surface area contributed by atoms with Crippen LogP contribution < -0.4 is 10.1 Å². The van der Waals surface area contributed by atoms with E-state index in [-0.39, 0.29) is 0 Å². The molecule has 0 aliphatic heterocycles. The molecule has 2 rings (SSSR count). The zero-order chi connectivity index (χ0) is 13.5. The molecule has 1 atom stereocenters. The Hall–Kier alpha value is -1.61. The quantitative estimate of drug-likeness (QED) is 0.773. The first-order chi connectivity index (χ1) is 9.35. The molecule has 1 aromatic carbocycles. The van der Waals surface area contributed by atoms with Crippen LogP contribution in [-0.4, -0.2) is 24.7 Å². The zero-order valence-corrected chi connectivity index (χ0v) is 11.7. The van der Waals surface area contributed by atoms with Gasteiger partial charge in [-0.25, -0.2) is 0 Å². The second-order valence-electron chi connectivity index (χ2n) is 4.71. The Morgan fingerprint density at radius 2 is 2.16 bits per heavy atom. The average Bonchev–Trinajstić information content (AvgIpc) is 2.47. The van der Waals surface area contributed by atoms with Crippen molar-refractivity contribution in [1.29, 1.82) is 0 Å². The molecule has 1 aromatic heterocycles. The Kier molecular flexibility index (Phi) is 5.16. The van der Waals surface area contributed by atoms with Crippen LogP contribution >= 0.6 is 0 Å². The number of pyridine rings is 1. The van der Waals surface area contributed by atoms with Crippen molar-refractivity contribution in [2.45, 2.75) is 32.2 Å². The van der Waals surface area contributed by atoms with Crippen molar-refractivity contribution in [3.05, 3.63) is 36.5 Å². The molecule has 2 aromatic rings. The molecule has 0 saturated heterocycles. The first-order valence-corrected chi connectivity index (χ1v) is 6.99. The molecule has 0 aliphatic carbocycles. The molecule has 3 nitrogen and oxygen atoms in total. The van der Waals surface area contributed by atoms with Crippen LogP contribution in [0, 0.1) is 0 Å². The van der Waals surface area contributed by atoms with Gasteiger partial charge in [-0.15, -0.1) is 0 Å². The van der Waals surface area contributed by atoms with Crippen LogP contribution in [0.2, 0.25) is 0 Å². The van der Waals surface area contributed by atoms with E-state index in [1.54, 1.807) is 0 Å². The van der Waals surface area contributed by atoms with E-state index in [0.717, 1.165) is 42.5 Å². The van der Waals surface area contributed by atoms with Gasteiger partial charge in [0, 0.05) is 17.6 Å². The summed E-state index contributed by atoms with van der Waals surface area (Å²) in [4.78, 5) is 4.33. The summed E-state index contributed by atoms with van der Waals surface area (Å²) in [5.41, 5.74) is 0.988. The molecule has 0 fully saturated rings. The van der Waals surface area contributed by atoms with Gasteiger partial charge in [-0.1, -0.05) is 13.0 Å². The van der Waals surface area contributed by atoms with Crippen molar-refractivity contribution in [1.82, 2.24) is 10.3 Å². The Morgan fingerprint density at radius 1 is 1.26 bits per heavy atom. The van der Waals surface area contributed by atoms with Crippen LogP contribution in [0.3, 0.4) is 0 Å². The number of benzene rings is 1. The third-order valence-corrected chi connectivity index (χ3v) is 3.46. The van der Waals surface area contributed by atoms with Gasteiger partial charge < -0.3 is 10.1 Å². The maximum atomic E-state index is 5.89. The van der Waals surface area contributed by atoms with Crippen LogP contribution in [0.1, 0.15) is 26.2 Å². The Morgan fingerprint density at radius 3 is 2.95 bits per heavy atom. The summed E-state index contributed by atoms with van der Waals surface area (Å²) in [5, 5.41) is 4.40. The smallest absolute Gasteiger partial charge is 0.128 e. The van der Waals surface area contributed by atoms with Crippen LogP contribution in [0.15, 0.2) is 36.5 Å². The summed E-state index contributed by atoms with van der Waals surface area (Å²) >= 11 is 0. The van der Waals surface area contributed by atoms with Crippen molar-refractivity contribution >= 4 is 10.9 Å². The predicted octanol–water partition coefficient (Wildman–Crippen LogP) is 3.39. The normalized spacial score (nSPS) is 12.5. The molecular weight excluding hydrogens is 236 g/mol. The fourth-order valence-electron chi connectivity index (χ4n) is 2.27. The standard InChI is InChI=1S/C16H22N2O/c1-3-13(17-2)7-6-12-19-16-10-4-9-15-14(16)8-5-11-18-15/h4-5,8-11,13,17H,3,6-7,12H2,1-2H3. The Labute approximate surface area is 115 Å². The highest BCUT2D eigenvalue weighted by Gasteiger charge is 2.04. The highest BCUT2D eigenvalue weighted by Crippen LogP contribution is 2.23. The molecule has 3 heteroatoms. The van der Waals surface area contributed by atoms with E-state index in [4.69, 9.17) is 4.74 Å². The average molecular weight is 258 g/mol. The lowest BCUT2D eigenvalue weighted by atomic mass is 10.1. The Bertz CT molecular complexity index is 504. The number of rotatable bonds is 7. The summed E-state index contributed by atoms with van der Waals surface area (Å²) in [6, 6.07) is 10.6. The number of hydrogen-bond acceptors (Lipinski definition) is 3. The molecular formula is C16H22N2O. The van der Waals surface area contributed by atoms with Crippen LogP contribution in [0.4, 0.5) is 0 Å². The molecule has 1 N–H and O–H groups in total. The minimum atomic E-state index is 0.595. The van der Waals surface area contributed by atoms with E-state index in [1.165, 1.54) is 0 Å². The SMILES string of the molecule is CCC(CCCOc1cccc2ncccc12)NC. The lowest BCUT2D eigenvalue weighted by Gasteiger charge is -2.14. The molecule has 0 amide bonds. The third-order valence-electron chi connectivity index (χ3n) is 3.46. The summed E-state index contributed by atoms with van der Waals surface area (Å²) < 4.78 is 5.89. The van der Waals surface area contributed by atoms with Gasteiger partial charge in [0.25, 0.3) is 0 Å². The van der Waals surface area contributed by atoms with Gasteiger partial charge in [-0.2, -0.15) is 0 Å². The number of ether oxygens (including phenoxy) is 1. The van der Waals surface area contributed by atoms with Crippen LogP contribution in [0.25, 0.3) is 10.9 Å². The van der Waals surface area contributed by atoms with Gasteiger partial charge in [0.15, 0.2) is 0 Å². The van der Waals surface area contributed by atoms with Gasteiger partial charge >= 0.3 is 0 Å². The molecule has 1 unspecified atom stereocenters. The lowest BCUT2D eigenvalue weighted by molar-refractivity contribution is 0.299. The van der Waals surface area contributed by atoms with Gasteiger partial charge in [0.1, 0.15) is 5.75 Å². The van der Waals surface area contributed by atoms with E-state index >= 15 is 0 Å². The second-order valence-corrected chi connectivity index (χ2v) is 4.71. The summed E-state index contributed by atoms with van der Waals surface area (Å²) in [7, 11) is 2.02. The monoisotopic (exact) mass is 258 g/mol. The van der Waals surface area contributed by atoms with Crippen molar-refractivity contribution in [2.24, 2.45) is 0 Å². The molecule has 0 bridgehead atoms. The molecule has 0 saturated carbocycles. The zero-order valence-electron chi connectivity index (χ0n) is 11.7. The number of fused-ring (bicyclic) bond motifs is 1. The number of aromatic nitrogens is 1. The van der Waals surface area contributed by atoms with Gasteiger partial charge in [-0.3, -0.25) is 4.98 Å².